The van der Waals surface area contributed by atoms with Gasteiger partial charge >= 0.3 is 11.9 Å². The predicted octanol–water partition coefficient (Wildman–Crippen LogP) is 3.04. The van der Waals surface area contributed by atoms with Crippen molar-refractivity contribution in [1.82, 2.24) is 4.90 Å². The zero-order chi connectivity index (χ0) is 18.3. The molecule has 2 aliphatic heterocycles. The molecule has 0 spiro atoms. The van der Waals surface area contributed by atoms with E-state index in [4.69, 9.17) is 5.11 Å². The topological polar surface area (TPSA) is 77.8 Å². The normalized spacial score (nSPS) is 24.9. The van der Waals surface area contributed by atoms with E-state index in [0.29, 0.717) is 13.0 Å². The summed E-state index contributed by atoms with van der Waals surface area (Å²) in [4.78, 5) is 24.8. The van der Waals surface area contributed by atoms with Crippen molar-refractivity contribution in [2.45, 2.75) is 24.4 Å². The van der Waals surface area contributed by atoms with Crippen LogP contribution in [0, 0.1) is 0 Å². The van der Waals surface area contributed by atoms with Gasteiger partial charge in [0.2, 0.25) is 0 Å². The number of fused-ring (bicyclic) bond motifs is 3. The van der Waals surface area contributed by atoms with Crippen LogP contribution in [0.4, 0.5) is 0 Å². The zero-order valence-electron chi connectivity index (χ0n) is 14.1. The summed E-state index contributed by atoms with van der Waals surface area (Å²) in [5.41, 5.74) is 3.63. The maximum Gasteiger partial charge on any atom is 0.333 e. The van der Waals surface area contributed by atoms with E-state index >= 15 is 0 Å². The van der Waals surface area contributed by atoms with Crippen molar-refractivity contribution < 1.29 is 19.8 Å². The predicted molar refractivity (Wildman–Crippen MR) is 95.9 cm³/mol. The second kappa shape index (κ2) is 6.42. The molecule has 26 heavy (non-hydrogen) atoms. The summed E-state index contributed by atoms with van der Waals surface area (Å²) >= 11 is 0. The highest BCUT2D eigenvalue weighted by Crippen LogP contribution is 2.50. The van der Waals surface area contributed by atoms with E-state index in [1.165, 1.54) is 16.7 Å². The molecule has 1 fully saturated rings. The average molecular weight is 349 g/mol. The molecule has 2 heterocycles. The minimum Gasteiger partial charge on any atom is -0.478 e. The third-order valence-corrected chi connectivity index (χ3v) is 5.46. The van der Waals surface area contributed by atoms with Crippen LogP contribution in [-0.2, 0) is 9.59 Å². The van der Waals surface area contributed by atoms with Crippen molar-refractivity contribution >= 4 is 11.9 Å². The Morgan fingerprint density at radius 1 is 0.962 bits per heavy atom. The molecule has 5 nitrogen and oxygen atoms in total. The molecule has 2 N–H and O–H groups in total. The first-order chi connectivity index (χ1) is 12.6. The maximum absolute atomic E-state index is 11.6. The molecule has 0 amide bonds. The number of benzene rings is 2. The second-order valence-corrected chi connectivity index (χ2v) is 6.80. The van der Waals surface area contributed by atoms with Crippen LogP contribution in [0.25, 0.3) is 0 Å². The molecule has 2 aromatic rings. The molecule has 2 aromatic carbocycles. The molecule has 0 radical (unpaired) electrons. The van der Waals surface area contributed by atoms with Gasteiger partial charge in [-0.25, -0.2) is 9.59 Å². The smallest absolute Gasteiger partial charge is 0.333 e. The Morgan fingerprint density at radius 2 is 1.62 bits per heavy atom. The number of carboxylic acid groups (broad SMARTS) is 2. The number of nitrogens with zero attached hydrogens (tertiary/aromatic N) is 1. The summed E-state index contributed by atoms with van der Waals surface area (Å²) in [5, 5.41) is 18.5. The number of aliphatic carboxylic acids is 2. The van der Waals surface area contributed by atoms with E-state index in [0.717, 1.165) is 6.08 Å². The highest BCUT2D eigenvalue weighted by Gasteiger charge is 2.48. The summed E-state index contributed by atoms with van der Waals surface area (Å²) in [7, 11) is 0. The first kappa shape index (κ1) is 16.5. The molecule has 0 aliphatic carbocycles. The van der Waals surface area contributed by atoms with Gasteiger partial charge in [-0.2, -0.15) is 0 Å². The van der Waals surface area contributed by atoms with Gasteiger partial charge in [0.15, 0.2) is 0 Å². The summed E-state index contributed by atoms with van der Waals surface area (Å²) in [6.45, 7) is 0.681. The Balaban J connectivity index is 1.73. The van der Waals surface area contributed by atoms with Gasteiger partial charge in [-0.1, -0.05) is 54.6 Å². The fourth-order valence-corrected chi connectivity index (χ4v) is 4.27. The van der Waals surface area contributed by atoms with Gasteiger partial charge in [0.25, 0.3) is 0 Å². The fourth-order valence-electron chi connectivity index (χ4n) is 4.27. The first-order valence-corrected chi connectivity index (χ1v) is 8.63. The van der Waals surface area contributed by atoms with Crippen LogP contribution in [0.3, 0.4) is 0 Å². The number of carbonyl (C=O) groups is 2. The quantitative estimate of drug-likeness (QED) is 0.830. The third kappa shape index (κ3) is 2.70. The number of carboxylic acids is 2. The summed E-state index contributed by atoms with van der Waals surface area (Å²) in [6, 6.07) is 18.2. The van der Waals surface area contributed by atoms with Gasteiger partial charge in [-0.3, -0.25) is 4.90 Å². The number of hydrogen-bond acceptors (Lipinski definition) is 3. The summed E-state index contributed by atoms with van der Waals surface area (Å²) in [5.74, 6) is -2.24. The van der Waals surface area contributed by atoms with Crippen LogP contribution < -0.4 is 0 Å². The Morgan fingerprint density at radius 3 is 2.27 bits per heavy atom. The van der Waals surface area contributed by atoms with Gasteiger partial charge in [0.1, 0.15) is 0 Å². The average Bonchev–Trinajstić information content (AvgIpc) is 2.61. The van der Waals surface area contributed by atoms with E-state index < -0.39 is 11.9 Å². The lowest BCUT2D eigenvalue weighted by Gasteiger charge is -2.54. The van der Waals surface area contributed by atoms with Crippen LogP contribution in [0.5, 0.6) is 0 Å². The van der Waals surface area contributed by atoms with Crippen molar-refractivity contribution in [1.29, 1.82) is 0 Å². The summed E-state index contributed by atoms with van der Waals surface area (Å²) < 4.78 is 0. The van der Waals surface area contributed by atoms with E-state index in [1.807, 2.05) is 30.3 Å². The largest absolute Gasteiger partial charge is 0.478 e. The van der Waals surface area contributed by atoms with E-state index in [2.05, 4.69) is 29.2 Å². The number of rotatable bonds is 4. The van der Waals surface area contributed by atoms with Gasteiger partial charge < -0.3 is 10.2 Å². The van der Waals surface area contributed by atoms with Crippen molar-refractivity contribution in [3.05, 3.63) is 82.9 Å². The van der Waals surface area contributed by atoms with Crippen molar-refractivity contribution in [2.24, 2.45) is 0 Å². The lowest BCUT2D eigenvalue weighted by molar-refractivity contribution is -0.136. The van der Waals surface area contributed by atoms with E-state index in [1.54, 1.807) is 0 Å². The Hall–Kier alpha value is -2.92. The maximum atomic E-state index is 11.6. The van der Waals surface area contributed by atoms with Gasteiger partial charge in [0, 0.05) is 30.6 Å². The molecule has 4 rings (SSSR count). The van der Waals surface area contributed by atoms with Gasteiger partial charge in [0.05, 0.1) is 5.57 Å². The molecular weight excluding hydrogens is 330 g/mol. The summed E-state index contributed by atoms with van der Waals surface area (Å²) in [6.07, 6.45) is 1.46. The minimum absolute atomic E-state index is 0.0417. The van der Waals surface area contributed by atoms with E-state index in [-0.39, 0.29) is 23.6 Å². The SMILES string of the molecule is O=C(O)C=C(C(=O)O)C1CC2c3ccccc3C(c3ccccc3)CN12. The van der Waals surface area contributed by atoms with Crippen molar-refractivity contribution in [3.63, 3.8) is 0 Å². The van der Waals surface area contributed by atoms with E-state index in [9.17, 15) is 14.7 Å². The van der Waals surface area contributed by atoms with Crippen molar-refractivity contribution in [2.75, 3.05) is 6.54 Å². The van der Waals surface area contributed by atoms with Crippen molar-refractivity contribution in [3.8, 4) is 0 Å². The molecule has 1 saturated heterocycles. The zero-order valence-corrected chi connectivity index (χ0v) is 14.1. The standard InChI is InChI=1S/C21H19NO4/c23-20(24)10-16(21(25)26)19-11-18-15-9-5-4-8-14(15)17(12-22(18)19)13-6-2-1-3-7-13/h1-10,17-19H,11-12H2,(H,23,24)(H,25,26). The van der Waals surface area contributed by atoms with Gasteiger partial charge in [-0.05, 0) is 23.1 Å². The van der Waals surface area contributed by atoms with Crippen LogP contribution >= 0.6 is 0 Å². The number of hydrogen-bond donors (Lipinski definition) is 2. The molecule has 132 valence electrons. The Bertz CT molecular complexity index is 890. The van der Waals surface area contributed by atoms with Crippen LogP contribution in [-0.4, -0.2) is 39.6 Å². The third-order valence-electron chi connectivity index (χ3n) is 5.46. The van der Waals surface area contributed by atoms with Crippen LogP contribution in [0.1, 0.15) is 35.1 Å². The molecule has 0 bridgehead atoms. The van der Waals surface area contributed by atoms with Crippen LogP contribution in [0.2, 0.25) is 0 Å². The molecule has 3 atom stereocenters. The highest BCUT2D eigenvalue weighted by molar-refractivity contribution is 5.96. The van der Waals surface area contributed by atoms with Gasteiger partial charge in [-0.15, -0.1) is 0 Å². The first-order valence-electron chi connectivity index (χ1n) is 8.63. The highest BCUT2D eigenvalue weighted by atomic mass is 16.4. The molecule has 2 aliphatic rings. The molecular formula is C21H19NO4. The molecule has 5 heteroatoms. The Labute approximate surface area is 151 Å². The lowest BCUT2D eigenvalue weighted by Crippen LogP contribution is -2.56. The second-order valence-electron chi connectivity index (χ2n) is 6.80. The van der Waals surface area contributed by atoms with Crippen LogP contribution in [0.15, 0.2) is 66.2 Å². The monoisotopic (exact) mass is 349 g/mol. The molecule has 0 saturated carbocycles. The lowest BCUT2D eigenvalue weighted by atomic mass is 9.73. The molecule has 3 unspecified atom stereocenters. The minimum atomic E-state index is -1.22. The Kier molecular flexibility index (Phi) is 4.09. The molecule has 0 aromatic heterocycles. The fraction of sp³-hybridized carbons (Fsp3) is 0.238.